The van der Waals surface area contributed by atoms with Crippen molar-refractivity contribution in [3.8, 4) is 0 Å². The molecule has 1 fully saturated rings. The number of hydrogen-bond acceptors (Lipinski definition) is 5. The van der Waals surface area contributed by atoms with Gasteiger partial charge in [0.1, 0.15) is 17.3 Å². The summed E-state index contributed by atoms with van der Waals surface area (Å²) in [5.41, 5.74) is 0.912. The van der Waals surface area contributed by atoms with Crippen LogP contribution in [0.2, 0.25) is 0 Å². The van der Waals surface area contributed by atoms with Crippen LogP contribution in [0, 0.1) is 0 Å². The highest BCUT2D eigenvalue weighted by molar-refractivity contribution is 5.94. The van der Waals surface area contributed by atoms with Crippen LogP contribution in [0.5, 0.6) is 0 Å². The van der Waals surface area contributed by atoms with E-state index in [2.05, 4.69) is 4.98 Å². The van der Waals surface area contributed by atoms with E-state index in [0.29, 0.717) is 18.8 Å². The predicted molar refractivity (Wildman–Crippen MR) is 98.5 cm³/mol. The van der Waals surface area contributed by atoms with Crippen molar-refractivity contribution in [1.82, 2.24) is 14.3 Å². The van der Waals surface area contributed by atoms with Crippen LogP contribution >= 0.6 is 0 Å². The minimum Gasteiger partial charge on any atom is -0.394 e. The third kappa shape index (κ3) is 3.11. The van der Waals surface area contributed by atoms with Crippen LogP contribution in [0.4, 0.5) is 0 Å². The fourth-order valence-corrected chi connectivity index (χ4v) is 3.49. The van der Waals surface area contributed by atoms with E-state index in [-0.39, 0.29) is 12.2 Å². The van der Waals surface area contributed by atoms with Gasteiger partial charge in [-0.2, -0.15) is 0 Å². The number of aliphatic hydroxyl groups is 1. The summed E-state index contributed by atoms with van der Waals surface area (Å²) >= 11 is 0. The van der Waals surface area contributed by atoms with E-state index in [0.717, 1.165) is 5.56 Å². The standard InChI is InChI=1S/C20H19N3O4/c24-13-16-18(14-6-2-1-3-7-14)23(10-11-27-16)20(26)15-12-21-17-8-4-5-9-22(17)19(15)25/h1-9,12,16,18,24H,10-11,13H2/t16-,18-/m0/s1. The van der Waals surface area contributed by atoms with Crippen LogP contribution in [0.15, 0.2) is 65.7 Å². The second-order valence-corrected chi connectivity index (χ2v) is 6.35. The van der Waals surface area contributed by atoms with Gasteiger partial charge in [-0.25, -0.2) is 4.98 Å². The second kappa shape index (κ2) is 7.30. The maximum Gasteiger partial charge on any atom is 0.270 e. The summed E-state index contributed by atoms with van der Waals surface area (Å²) in [6.45, 7) is 0.396. The number of carbonyl (C=O) groups excluding carboxylic acids is 1. The van der Waals surface area contributed by atoms with Crippen molar-refractivity contribution in [2.45, 2.75) is 12.1 Å². The highest BCUT2D eigenvalue weighted by Gasteiger charge is 2.37. The van der Waals surface area contributed by atoms with Crippen molar-refractivity contribution < 1.29 is 14.6 Å². The van der Waals surface area contributed by atoms with Gasteiger partial charge in [-0.1, -0.05) is 36.4 Å². The van der Waals surface area contributed by atoms with Crippen LogP contribution in [-0.4, -0.2) is 51.2 Å². The largest absolute Gasteiger partial charge is 0.394 e. The average molecular weight is 365 g/mol. The molecule has 1 aliphatic heterocycles. The van der Waals surface area contributed by atoms with Gasteiger partial charge < -0.3 is 14.7 Å². The van der Waals surface area contributed by atoms with Gasteiger partial charge in [-0.15, -0.1) is 0 Å². The molecule has 0 bridgehead atoms. The molecule has 4 rings (SSSR count). The molecule has 3 aromatic rings. The average Bonchev–Trinajstić information content (AvgIpc) is 2.74. The Hall–Kier alpha value is -3.03. The molecule has 1 aliphatic rings. The normalized spacial score (nSPS) is 20.0. The molecule has 3 heterocycles. The molecular weight excluding hydrogens is 346 g/mol. The zero-order valence-corrected chi connectivity index (χ0v) is 14.6. The summed E-state index contributed by atoms with van der Waals surface area (Å²) in [7, 11) is 0. The number of aliphatic hydroxyl groups excluding tert-OH is 1. The topological polar surface area (TPSA) is 84.1 Å². The fraction of sp³-hybridized carbons (Fsp3) is 0.250. The molecule has 1 N–H and O–H groups in total. The number of amides is 1. The molecule has 0 spiro atoms. The third-order valence-corrected chi connectivity index (χ3v) is 4.78. The van der Waals surface area contributed by atoms with Crippen LogP contribution < -0.4 is 5.56 Å². The molecule has 1 saturated heterocycles. The van der Waals surface area contributed by atoms with Gasteiger partial charge in [0.05, 0.1) is 19.3 Å². The summed E-state index contributed by atoms with van der Waals surface area (Å²) in [6, 6.07) is 14.1. The minimum absolute atomic E-state index is 0.00165. The van der Waals surface area contributed by atoms with E-state index in [9.17, 15) is 14.7 Å². The maximum atomic E-state index is 13.2. The number of rotatable bonds is 3. The van der Waals surface area contributed by atoms with Gasteiger partial charge in [0.25, 0.3) is 11.5 Å². The van der Waals surface area contributed by atoms with E-state index in [1.807, 2.05) is 30.3 Å². The first-order chi connectivity index (χ1) is 13.2. The number of carbonyl (C=O) groups is 1. The van der Waals surface area contributed by atoms with Gasteiger partial charge in [-0.05, 0) is 17.7 Å². The number of morpholine rings is 1. The van der Waals surface area contributed by atoms with Crippen LogP contribution in [0.3, 0.4) is 0 Å². The number of nitrogens with zero attached hydrogens (tertiary/aromatic N) is 3. The predicted octanol–water partition coefficient (Wildman–Crippen LogP) is 1.27. The lowest BCUT2D eigenvalue weighted by atomic mass is 9.97. The molecule has 2 aromatic heterocycles. The number of hydrogen-bond donors (Lipinski definition) is 1. The molecule has 1 amide bonds. The number of ether oxygens (including phenoxy) is 1. The van der Waals surface area contributed by atoms with Gasteiger partial charge in [0.2, 0.25) is 0 Å². The van der Waals surface area contributed by atoms with E-state index < -0.39 is 23.6 Å². The Balaban J connectivity index is 1.77. The van der Waals surface area contributed by atoms with Crippen molar-refractivity contribution >= 4 is 11.6 Å². The van der Waals surface area contributed by atoms with Crippen LogP contribution in [0.1, 0.15) is 22.0 Å². The van der Waals surface area contributed by atoms with Gasteiger partial charge >= 0.3 is 0 Å². The Kier molecular flexibility index (Phi) is 4.70. The summed E-state index contributed by atoms with van der Waals surface area (Å²) < 4.78 is 7.02. The maximum absolute atomic E-state index is 13.2. The van der Waals surface area contributed by atoms with E-state index in [1.165, 1.54) is 10.6 Å². The Morgan fingerprint density at radius 3 is 2.74 bits per heavy atom. The monoisotopic (exact) mass is 365 g/mol. The lowest BCUT2D eigenvalue weighted by Gasteiger charge is -2.40. The Morgan fingerprint density at radius 1 is 1.19 bits per heavy atom. The molecule has 0 aliphatic carbocycles. The lowest BCUT2D eigenvalue weighted by Crippen LogP contribution is -2.50. The Bertz CT molecular complexity index is 1020. The molecule has 7 heteroatoms. The van der Waals surface area contributed by atoms with Crippen LogP contribution in [0.25, 0.3) is 5.65 Å². The second-order valence-electron chi connectivity index (χ2n) is 6.35. The van der Waals surface area contributed by atoms with Crippen molar-refractivity contribution in [3.05, 3.63) is 82.4 Å². The van der Waals surface area contributed by atoms with Gasteiger partial charge in [0, 0.05) is 18.9 Å². The van der Waals surface area contributed by atoms with Crippen molar-refractivity contribution in [2.75, 3.05) is 19.8 Å². The summed E-state index contributed by atoms with van der Waals surface area (Å²) in [6.07, 6.45) is 2.36. The summed E-state index contributed by atoms with van der Waals surface area (Å²) in [5.74, 6) is -0.415. The van der Waals surface area contributed by atoms with E-state index in [4.69, 9.17) is 4.74 Å². The molecule has 27 heavy (non-hydrogen) atoms. The molecule has 0 radical (unpaired) electrons. The van der Waals surface area contributed by atoms with Crippen molar-refractivity contribution in [2.24, 2.45) is 0 Å². The van der Waals surface area contributed by atoms with E-state index >= 15 is 0 Å². The molecule has 7 nitrogen and oxygen atoms in total. The highest BCUT2D eigenvalue weighted by atomic mass is 16.5. The molecular formula is C20H19N3O4. The third-order valence-electron chi connectivity index (χ3n) is 4.78. The first-order valence-electron chi connectivity index (χ1n) is 8.75. The van der Waals surface area contributed by atoms with Crippen LogP contribution in [-0.2, 0) is 4.74 Å². The van der Waals surface area contributed by atoms with Gasteiger partial charge in [-0.3, -0.25) is 14.0 Å². The molecule has 0 saturated carbocycles. The van der Waals surface area contributed by atoms with Crippen molar-refractivity contribution in [1.29, 1.82) is 0 Å². The number of pyridine rings is 1. The highest BCUT2D eigenvalue weighted by Crippen LogP contribution is 2.30. The summed E-state index contributed by atoms with van der Waals surface area (Å²) in [5, 5.41) is 9.75. The number of fused-ring (bicyclic) bond motifs is 1. The van der Waals surface area contributed by atoms with E-state index in [1.54, 1.807) is 29.3 Å². The zero-order chi connectivity index (χ0) is 18.8. The minimum atomic E-state index is -0.554. The molecule has 138 valence electrons. The first kappa shape index (κ1) is 17.4. The Labute approximate surface area is 155 Å². The molecule has 2 atom stereocenters. The quantitative estimate of drug-likeness (QED) is 0.756. The fourth-order valence-electron chi connectivity index (χ4n) is 3.49. The van der Waals surface area contributed by atoms with Crippen molar-refractivity contribution in [3.63, 3.8) is 0 Å². The first-order valence-corrected chi connectivity index (χ1v) is 8.75. The summed E-state index contributed by atoms with van der Waals surface area (Å²) in [4.78, 5) is 31.9. The SMILES string of the molecule is O=C(c1cnc2ccccn2c1=O)N1CCO[C@@H](CO)[C@@H]1c1ccccc1. The Morgan fingerprint density at radius 2 is 1.96 bits per heavy atom. The molecule has 1 aromatic carbocycles. The zero-order valence-electron chi connectivity index (χ0n) is 14.6. The number of aromatic nitrogens is 2. The number of benzene rings is 1. The molecule has 0 unspecified atom stereocenters. The lowest BCUT2D eigenvalue weighted by molar-refractivity contribution is -0.0811. The smallest absolute Gasteiger partial charge is 0.270 e. The van der Waals surface area contributed by atoms with Gasteiger partial charge in [0.15, 0.2) is 0 Å².